The van der Waals surface area contributed by atoms with Gasteiger partial charge in [0.15, 0.2) is 0 Å². The number of hydrogen-bond donors (Lipinski definition) is 0. The fourth-order valence-electron chi connectivity index (χ4n) is 4.84. The van der Waals surface area contributed by atoms with Crippen molar-refractivity contribution in [3.05, 3.63) is 70.8 Å². The summed E-state index contributed by atoms with van der Waals surface area (Å²) >= 11 is 0. The standard InChI is InChI=1S/C22H23NO2/c24-22(25-20-14-23-11-9-15(20)10-12-23)21-18-7-3-1-5-16(18)13-17-6-2-4-8-19(17)21/h1-8,15,20-21H,9-14H2/t20-/m0/s1. The van der Waals surface area contributed by atoms with Crippen LogP contribution in [0.3, 0.4) is 0 Å². The van der Waals surface area contributed by atoms with Crippen molar-refractivity contribution in [2.45, 2.75) is 31.3 Å². The molecular formula is C22H23NO2. The van der Waals surface area contributed by atoms with Crippen molar-refractivity contribution in [2.75, 3.05) is 19.6 Å². The van der Waals surface area contributed by atoms with Gasteiger partial charge in [0.1, 0.15) is 12.0 Å². The Kier molecular flexibility index (Phi) is 3.63. The Hall–Kier alpha value is -2.13. The quantitative estimate of drug-likeness (QED) is 0.789. The summed E-state index contributed by atoms with van der Waals surface area (Å²) in [5.74, 6) is 0.193. The second kappa shape index (κ2) is 5.99. The minimum Gasteiger partial charge on any atom is -0.460 e. The predicted octanol–water partition coefficient (Wildman–Crippen LogP) is 3.36. The Balaban J connectivity index is 1.47. The number of fused-ring (bicyclic) bond motifs is 5. The maximum absolute atomic E-state index is 13.2. The maximum Gasteiger partial charge on any atom is 0.318 e. The fraction of sp³-hybridized carbons (Fsp3) is 0.409. The van der Waals surface area contributed by atoms with Crippen LogP contribution in [0, 0.1) is 5.92 Å². The summed E-state index contributed by atoms with van der Waals surface area (Å²) in [5.41, 5.74) is 4.73. The van der Waals surface area contributed by atoms with Gasteiger partial charge < -0.3 is 4.74 Å². The zero-order valence-corrected chi connectivity index (χ0v) is 14.4. The largest absolute Gasteiger partial charge is 0.460 e. The average molecular weight is 333 g/mol. The molecule has 2 bridgehead atoms. The highest BCUT2D eigenvalue weighted by Crippen LogP contribution is 2.38. The molecule has 6 rings (SSSR count). The Morgan fingerprint density at radius 2 is 1.52 bits per heavy atom. The number of piperidine rings is 3. The summed E-state index contributed by atoms with van der Waals surface area (Å²) < 4.78 is 6.10. The lowest BCUT2D eigenvalue weighted by atomic mass is 9.78. The molecule has 2 aromatic carbocycles. The monoisotopic (exact) mass is 333 g/mol. The smallest absolute Gasteiger partial charge is 0.318 e. The van der Waals surface area contributed by atoms with Crippen molar-refractivity contribution in [2.24, 2.45) is 5.92 Å². The molecule has 3 saturated heterocycles. The Morgan fingerprint density at radius 1 is 0.920 bits per heavy atom. The van der Waals surface area contributed by atoms with Gasteiger partial charge >= 0.3 is 5.97 Å². The Labute approximate surface area is 148 Å². The molecule has 3 nitrogen and oxygen atoms in total. The lowest BCUT2D eigenvalue weighted by Crippen LogP contribution is -2.52. The molecule has 1 aliphatic carbocycles. The summed E-state index contributed by atoms with van der Waals surface area (Å²) in [6, 6.07) is 16.6. The number of carbonyl (C=O) groups excluding carboxylic acids is 1. The number of benzene rings is 2. The van der Waals surface area contributed by atoms with E-state index in [4.69, 9.17) is 4.74 Å². The van der Waals surface area contributed by atoms with E-state index in [9.17, 15) is 4.79 Å². The zero-order valence-electron chi connectivity index (χ0n) is 14.4. The van der Waals surface area contributed by atoms with Gasteiger partial charge in [-0.15, -0.1) is 0 Å². The first kappa shape index (κ1) is 15.2. The third-order valence-corrected chi connectivity index (χ3v) is 6.21. The van der Waals surface area contributed by atoms with Crippen LogP contribution in [0.1, 0.15) is 41.0 Å². The number of hydrogen-bond acceptors (Lipinski definition) is 3. The van der Waals surface area contributed by atoms with Crippen LogP contribution in [0.5, 0.6) is 0 Å². The lowest BCUT2D eigenvalue weighted by Gasteiger charge is -2.44. The summed E-state index contributed by atoms with van der Waals surface area (Å²) in [4.78, 5) is 15.7. The van der Waals surface area contributed by atoms with Crippen molar-refractivity contribution in [3.63, 3.8) is 0 Å². The van der Waals surface area contributed by atoms with E-state index in [-0.39, 0.29) is 18.0 Å². The van der Waals surface area contributed by atoms with E-state index in [1.807, 2.05) is 12.1 Å². The van der Waals surface area contributed by atoms with Crippen LogP contribution in [0.25, 0.3) is 0 Å². The molecule has 0 amide bonds. The van der Waals surface area contributed by atoms with Gasteiger partial charge in [-0.05, 0) is 60.5 Å². The van der Waals surface area contributed by atoms with Crippen LogP contribution < -0.4 is 0 Å². The third kappa shape index (κ3) is 2.58. The predicted molar refractivity (Wildman–Crippen MR) is 96.6 cm³/mol. The first-order valence-corrected chi connectivity index (χ1v) is 9.38. The number of esters is 1. The number of nitrogens with zero attached hydrogens (tertiary/aromatic N) is 1. The van der Waals surface area contributed by atoms with Gasteiger partial charge in [0.2, 0.25) is 0 Å². The number of rotatable bonds is 2. The van der Waals surface area contributed by atoms with Gasteiger partial charge in [-0.1, -0.05) is 48.5 Å². The molecule has 3 heteroatoms. The minimum absolute atomic E-state index is 0.0660. The molecule has 25 heavy (non-hydrogen) atoms. The molecule has 0 N–H and O–H groups in total. The van der Waals surface area contributed by atoms with Gasteiger partial charge in [-0.3, -0.25) is 9.69 Å². The van der Waals surface area contributed by atoms with E-state index in [1.165, 1.54) is 11.1 Å². The highest BCUT2D eigenvalue weighted by Gasteiger charge is 2.39. The molecule has 1 atom stereocenters. The van der Waals surface area contributed by atoms with E-state index in [1.54, 1.807) is 0 Å². The first-order valence-electron chi connectivity index (χ1n) is 9.38. The fourth-order valence-corrected chi connectivity index (χ4v) is 4.84. The SMILES string of the molecule is O=C(O[C@H]1CN2CCC1CC2)C1c2ccccc2Cc2ccccc21. The average Bonchev–Trinajstić information content (AvgIpc) is 2.67. The van der Waals surface area contributed by atoms with Gasteiger partial charge in [0.05, 0.1) is 0 Å². The summed E-state index contributed by atoms with van der Waals surface area (Å²) in [7, 11) is 0. The van der Waals surface area contributed by atoms with Crippen LogP contribution in [-0.2, 0) is 16.0 Å². The van der Waals surface area contributed by atoms with Crippen molar-refractivity contribution in [3.8, 4) is 0 Å². The van der Waals surface area contributed by atoms with E-state index in [0.717, 1.165) is 50.0 Å². The highest BCUT2D eigenvalue weighted by atomic mass is 16.5. The molecule has 3 aliphatic heterocycles. The summed E-state index contributed by atoms with van der Waals surface area (Å²) in [6.07, 6.45) is 3.29. The second-order valence-electron chi connectivity index (χ2n) is 7.62. The van der Waals surface area contributed by atoms with Gasteiger partial charge in [0, 0.05) is 6.54 Å². The van der Waals surface area contributed by atoms with Gasteiger partial charge in [-0.25, -0.2) is 0 Å². The van der Waals surface area contributed by atoms with E-state index < -0.39 is 0 Å². The topological polar surface area (TPSA) is 29.5 Å². The Bertz CT molecular complexity index is 762. The van der Waals surface area contributed by atoms with Crippen molar-refractivity contribution >= 4 is 5.97 Å². The van der Waals surface area contributed by atoms with E-state index in [2.05, 4.69) is 41.3 Å². The second-order valence-corrected chi connectivity index (χ2v) is 7.62. The maximum atomic E-state index is 13.2. The molecule has 0 aromatic heterocycles. The number of carbonyl (C=O) groups is 1. The number of ether oxygens (including phenoxy) is 1. The van der Waals surface area contributed by atoms with E-state index >= 15 is 0 Å². The summed E-state index contributed by atoms with van der Waals surface area (Å²) in [5, 5.41) is 0. The highest BCUT2D eigenvalue weighted by molar-refractivity contribution is 5.84. The molecule has 128 valence electrons. The van der Waals surface area contributed by atoms with Crippen LogP contribution in [-0.4, -0.2) is 36.6 Å². The zero-order chi connectivity index (χ0) is 16.8. The minimum atomic E-state index is -0.281. The normalized spacial score (nSPS) is 27.4. The van der Waals surface area contributed by atoms with Crippen LogP contribution in [0.4, 0.5) is 0 Å². The van der Waals surface area contributed by atoms with Crippen LogP contribution in [0.15, 0.2) is 48.5 Å². The van der Waals surface area contributed by atoms with Crippen molar-refractivity contribution < 1.29 is 9.53 Å². The third-order valence-electron chi connectivity index (χ3n) is 6.21. The molecule has 3 heterocycles. The van der Waals surface area contributed by atoms with Crippen molar-refractivity contribution in [1.82, 2.24) is 4.90 Å². The van der Waals surface area contributed by atoms with Crippen LogP contribution in [0.2, 0.25) is 0 Å². The van der Waals surface area contributed by atoms with Crippen molar-refractivity contribution in [1.29, 1.82) is 0 Å². The van der Waals surface area contributed by atoms with Gasteiger partial charge in [0.25, 0.3) is 0 Å². The molecule has 0 saturated carbocycles. The van der Waals surface area contributed by atoms with Gasteiger partial charge in [-0.2, -0.15) is 0 Å². The van der Waals surface area contributed by atoms with Crippen LogP contribution >= 0.6 is 0 Å². The first-order chi connectivity index (χ1) is 12.3. The van der Waals surface area contributed by atoms with E-state index in [0.29, 0.717) is 5.92 Å². The molecule has 0 unspecified atom stereocenters. The molecule has 4 aliphatic rings. The summed E-state index contributed by atoms with van der Waals surface area (Å²) in [6.45, 7) is 3.23. The molecular weight excluding hydrogens is 310 g/mol. The molecule has 2 aromatic rings. The lowest BCUT2D eigenvalue weighted by molar-refractivity contribution is -0.159. The molecule has 0 spiro atoms. The Morgan fingerprint density at radius 3 is 2.08 bits per heavy atom. The molecule has 3 fully saturated rings. The molecule has 0 radical (unpaired) electrons.